The molecule has 0 aliphatic rings. The molecule has 1 aromatic carbocycles. The van der Waals surface area contributed by atoms with Crippen molar-refractivity contribution in [2.75, 3.05) is 18.7 Å². The number of aromatic hydroxyl groups is 1. The van der Waals surface area contributed by atoms with E-state index in [-0.39, 0.29) is 29.6 Å². The fraction of sp³-hybridized carbons (Fsp3) is 0.450. The molecule has 1 aromatic heterocycles. The summed E-state index contributed by atoms with van der Waals surface area (Å²) < 4.78 is 24.0. The first-order valence-electron chi connectivity index (χ1n) is 9.17. The third-order valence-corrected chi connectivity index (χ3v) is 5.47. The van der Waals surface area contributed by atoms with Gasteiger partial charge in [0.2, 0.25) is 0 Å². The van der Waals surface area contributed by atoms with Crippen molar-refractivity contribution in [3.63, 3.8) is 0 Å². The minimum atomic E-state index is -4.05. The Labute approximate surface area is 166 Å². The smallest absolute Gasteiger partial charge is 0.395 e. The maximum absolute atomic E-state index is 12.8. The number of anilines is 1. The van der Waals surface area contributed by atoms with Gasteiger partial charge in [-0.25, -0.2) is 4.57 Å². The molecule has 0 bridgehead atoms. The Morgan fingerprint density at radius 3 is 2.32 bits per heavy atom. The molecule has 0 radical (unpaired) electrons. The van der Waals surface area contributed by atoms with Gasteiger partial charge in [-0.05, 0) is 30.9 Å². The fourth-order valence-electron chi connectivity index (χ4n) is 3.20. The summed E-state index contributed by atoms with van der Waals surface area (Å²) in [6, 6.07) is 3.48. The van der Waals surface area contributed by atoms with Crippen LogP contribution in [-0.2, 0) is 4.57 Å². The Bertz CT molecular complexity index is 869. The number of methoxy groups -OCH3 is 1. The number of hydrogen-bond donors (Lipinski definition) is 3. The van der Waals surface area contributed by atoms with Crippen molar-refractivity contribution in [2.45, 2.75) is 46.5 Å². The summed E-state index contributed by atoms with van der Waals surface area (Å²) >= 11 is 0. The largest absolute Gasteiger partial charge is 0.504 e. The normalized spacial score (nSPS) is 13.5. The summed E-state index contributed by atoms with van der Waals surface area (Å²) in [6.45, 7) is 9.47. The number of aromatic nitrogens is 1. The number of rotatable bonds is 8. The first-order chi connectivity index (χ1) is 13.1. The van der Waals surface area contributed by atoms with Gasteiger partial charge in [0, 0.05) is 29.1 Å². The van der Waals surface area contributed by atoms with E-state index in [1.807, 2.05) is 27.7 Å². The summed E-state index contributed by atoms with van der Waals surface area (Å²) in [5.74, 6) is 0.474. The molecule has 28 heavy (non-hydrogen) atoms. The molecule has 0 saturated carbocycles. The predicted octanol–water partition coefficient (Wildman–Crippen LogP) is 4.98. The molecule has 0 saturated heterocycles. The van der Waals surface area contributed by atoms with Gasteiger partial charge in [-0.1, -0.05) is 27.7 Å². The molecule has 0 spiro atoms. The number of phenolic OH excluding ortho intramolecular Hbond substituents is 1. The van der Waals surface area contributed by atoms with Gasteiger partial charge in [-0.2, -0.15) is 0 Å². The lowest BCUT2D eigenvalue weighted by Gasteiger charge is -2.27. The minimum absolute atomic E-state index is 0.0310. The molecule has 0 amide bonds. The quantitative estimate of drug-likeness (QED) is 0.529. The molecule has 3 N–H and O–H groups in total. The van der Waals surface area contributed by atoms with Gasteiger partial charge in [0.15, 0.2) is 11.5 Å². The minimum Gasteiger partial charge on any atom is -0.504 e. The Hall–Kier alpha value is -2.24. The second-order valence-electron chi connectivity index (χ2n) is 7.28. The maximum Gasteiger partial charge on any atom is 0.395 e. The molecule has 7 nitrogen and oxygen atoms in total. The molecule has 0 aliphatic carbocycles. The number of nitrogens with one attached hydrogen (secondary N) is 1. The number of hydrogen-bond acceptors (Lipinski definition) is 6. The Kier molecular flexibility index (Phi) is 6.96. The van der Waals surface area contributed by atoms with E-state index in [0.717, 1.165) is 0 Å². The van der Waals surface area contributed by atoms with Crippen LogP contribution in [0, 0.1) is 6.92 Å². The van der Waals surface area contributed by atoms with Crippen LogP contribution in [0.15, 0.2) is 24.5 Å². The van der Waals surface area contributed by atoms with Crippen molar-refractivity contribution in [1.29, 1.82) is 0 Å². The predicted molar refractivity (Wildman–Crippen MR) is 111 cm³/mol. The summed E-state index contributed by atoms with van der Waals surface area (Å²) in [4.78, 5) is 14.5. The van der Waals surface area contributed by atoms with Crippen molar-refractivity contribution in [1.82, 2.24) is 4.98 Å². The van der Waals surface area contributed by atoms with Crippen LogP contribution in [0.3, 0.4) is 0 Å². The lowest BCUT2D eigenvalue weighted by Crippen LogP contribution is -2.11. The zero-order valence-corrected chi connectivity index (χ0v) is 18.1. The van der Waals surface area contributed by atoms with Crippen molar-refractivity contribution < 1.29 is 23.8 Å². The standard InChI is InChI=1S/C20H29N2O5P/c1-12(2)16-14(5)18(23)20(26-6)17(13(3)4)19(16)27-28(24,25)11-22-15-8-7-9-21-10-15/h7-10,12-13,22-23H,11H2,1-6H3,(H,24,25). The van der Waals surface area contributed by atoms with Gasteiger partial charge in [-0.3, -0.25) is 4.98 Å². The van der Waals surface area contributed by atoms with E-state index in [1.165, 1.54) is 7.11 Å². The van der Waals surface area contributed by atoms with E-state index in [1.54, 1.807) is 31.5 Å². The van der Waals surface area contributed by atoms with Crippen LogP contribution < -0.4 is 14.6 Å². The Morgan fingerprint density at radius 1 is 1.18 bits per heavy atom. The summed E-state index contributed by atoms with van der Waals surface area (Å²) in [5.41, 5.74) is 2.46. The first-order valence-corrected chi connectivity index (χ1v) is 10.9. The number of benzene rings is 1. The molecule has 8 heteroatoms. The van der Waals surface area contributed by atoms with Crippen LogP contribution in [0.2, 0.25) is 0 Å². The Morgan fingerprint density at radius 2 is 1.82 bits per heavy atom. The second-order valence-corrected chi connectivity index (χ2v) is 9.05. The molecule has 0 aliphatic heterocycles. The van der Waals surface area contributed by atoms with Gasteiger partial charge < -0.3 is 24.6 Å². The van der Waals surface area contributed by atoms with Crippen LogP contribution in [0.1, 0.15) is 56.2 Å². The first kappa shape index (κ1) is 22.1. The molecule has 1 heterocycles. The molecule has 2 rings (SSSR count). The van der Waals surface area contributed by atoms with E-state index >= 15 is 0 Å². The van der Waals surface area contributed by atoms with Gasteiger partial charge >= 0.3 is 7.60 Å². The van der Waals surface area contributed by atoms with Crippen LogP contribution in [0.5, 0.6) is 17.2 Å². The van der Waals surface area contributed by atoms with Crippen LogP contribution in [0.25, 0.3) is 0 Å². The van der Waals surface area contributed by atoms with Gasteiger partial charge in [-0.15, -0.1) is 0 Å². The monoisotopic (exact) mass is 408 g/mol. The van der Waals surface area contributed by atoms with Crippen molar-refractivity contribution in [2.24, 2.45) is 0 Å². The van der Waals surface area contributed by atoms with Gasteiger partial charge in [0.05, 0.1) is 12.8 Å². The molecule has 0 fully saturated rings. The van der Waals surface area contributed by atoms with Crippen LogP contribution >= 0.6 is 7.60 Å². The highest BCUT2D eigenvalue weighted by atomic mass is 31.2. The van der Waals surface area contributed by atoms with Crippen LogP contribution in [-0.4, -0.2) is 28.4 Å². The molecular weight excluding hydrogens is 379 g/mol. The molecular formula is C20H29N2O5P. The zero-order chi connectivity index (χ0) is 21.1. The molecule has 1 unspecified atom stereocenters. The summed E-state index contributed by atoms with van der Waals surface area (Å²) in [5, 5.41) is 13.5. The van der Waals surface area contributed by atoms with Crippen molar-refractivity contribution >= 4 is 13.3 Å². The maximum atomic E-state index is 12.8. The van der Waals surface area contributed by atoms with Gasteiger partial charge in [0.25, 0.3) is 0 Å². The van der Waals surface area contributed by atoms with E-state index in [9.17, 15) is 14.6 Å². The second kappa shape index (κ2) is 8.84. The van der Waals surface area contributed by atoms with Crippen molar-refractivity contribution in [3.8, 4) is 17.2 Å². The third-order valence-electron chi connectivity index (χ3n) is 4.45. The summed E-state index contributed by atoms with van der Waals surface area (Å²) in [7, 11) is -2.59. The van der Waals surface area contributed by atoms with E-state index < -0.39 is 7.60 Å². The van der Waals surface area contributed by atoms with Gasteiger partial charge in [0.1, 0.15) is 12.0 Å². The van der Waals surface area contributed by atoms with E-state index in [2.05, 4.69) is 10.3 Å². The number of pyridine rings is 1. The molecule has 154 valence electrons. The summed E-state index contributed by atoms with van der Waals surface area (Å²) in [6.07, 6.45) is 2.90. The van der Waals surface area contributed by atoms with Crippen molar-refractivity contribution in [3.05, 3.63) is 41.2 Å². The number of phenols is 1. The third kappa shape index (κ3) is 4.78. The average Bonchev–Trinajstić information content (AvgIpc) is 2.62. The lowest BCUT2D eigenvalue weighted by molar-refractivity contribution is 0.351. The number of nitrogens with zero attached hydrogens (tertiary/aromatic N) is 1. The van der Waals surface area contributed by atoms with E-state index in [0.29, 0.717) is 28.1 Å². The van der Waals surface area contributed by atoms with E-state index in [4.69, 9.17) is 9.26 Å². The average molecular weight is 408 g/mol. The number of ether oxygens (including phenoxy) is 1. The topological polar surface area (TPSA) is 101 Å². The Balaban J connectivity index is 2.50. The molecule has 2 aromatic rings. The lowest BCUT2D eigenvalue weighted by atomic mass is 9.89. The zero-order valence-electron chi connectivity index (χ0n) is 17.2. The highest BCUT2D eigenvalue weighted by molar-refractivity contribution is 7.53. The molecule has 1 atom stereocenters. The highest BCUT2D eigenvalue weighted by Gasteiger charge is 2.31. The fourth-order valence-corrected chi connectivity index (χ4v) is 4.13. The highest BCUT2D eigenvalue weighted by Crippen LogP contribution is 2.54. The van der Waals surface area contributed by atoms with Crippen LogP contribution in [0.4, 0.5) is 5.69 Å². The SMILES string of the molecule is COc1c(O)c(C)c(C(C)C)c(OP(=O)(O)CNc2cccnc2)c1C(C)C.